The molecule has 0 radical (unpaired) electrons. The highest BCUT2D eigenvalue weighted by Crippen LogP contribution is 2.28. The largest absolute Gasteiger partial charge is 0.495 e. The number of aryl methyl sites for hydroxylation is 1. The third-order valence-corrected chi connectivity index (χ3v) is 4.17. The molecule has 3 N–H and O–H groups in total. The van der Waals surface area contributed by atoms with E-state index in [0.717, 1.165) is 6.07 Å². The number of rotatable bonds is 4. The summed E-state index contributed by atoms with van der Waals surface area (Å²) in [5.41, 5.74) is 6.64. The Hall–Kier alpha value is -2.28. The first-order valence-corrected chi connectivity index (χ1v) is 7.53. The third kappa shape index (κ3) is 3.43. The lowest BCUT2D eigenvalue weighted by Gasteiger charge is -2.12. The van der Waals surface area contributed by atoms with E-state index in [1.54, 1.807) is 6.92 Å². The normalized spacial score (nSPS) is 11.2. The van der Waals surface area contributed by atoms with E-state index in [9.17, 15) is 12.8 Å². The average Bonchev–Trinajstić information content (AvgIpc) is 2.36. The van der Waals surface area contributed by atoms with E-state index in [2.05, 4.69) is 4.72 Å². The molecule has 0 aliphatic rings. The summed E-state index contributed by atoms with van der Waals surface area (Å²) < 4.78 is 45.4. The zero-order chi connectivity index (χ0) is 15.6. The molecule has 0 heterocycles. The molecule has 0 bridgehead atoms. The first kappa shape index (κ1) is 15.1. The lowest BCUT2D eigenvalue weighted by Crippen LogP contribution is -2.14. The van der Waals surface area contributed by atoms with Gasteiger partial charge in [0.1, 0.15) is 16.5 Å². The minimum Gasteiger partial charge on any atom is -0.495 e. The third-order valence-electron chi connectivity index (χ3n) is 2.77. The summed E-state index contributed by atoms with van der Waals surface area (Å²) in [6.07, 6.45) is 0. The molecule has 2 aromatic carbocycles. The van der Waals surface area contributed by atoms with Crippen LogP contribution in [-0.4, -0.2) is 15.5 Å². The smallest absolute Gasteiger partial charge is 0.265 e. The van der Waals surface area contributed by atoms with Gasteiger partial charge in [0.05, 0.1) is 12.8 Å². The highest BCUT2D eigenvalue weighted by Gasteiger charge is 2.20. The monoisotopic (exact) mass is 310 g/mol. The Bertz CT molecular complexity index is 756. The molecular weight excluding hydrogens is 295 g/mol. The minimum atomic E-state index is -3.93. The van der Waals surface area contributed by atoms with Gasteiger partial charge in [0.2, 0.25) is 0 Å². The lowest BCUT2D eigenvalue weighted by molar-refractivity contribution is 0.403. The second kappa shape index (κ2) is 5.61. The standard InChI is InChI=1S/C14H15FN2O3S/c1-9-5-10(15)7-12(6-9)17-21(18,19)14-8-11(16)3-4-13(14)20-2/h3-8,17H,16H2,1-2H3. The summed E-state index contributed by atoms with van der Waals surface area (Å²) in [6.45, 7) is 1.67. The highest BCUT2D eigenvalue weighted by molar-refractivity contribution is 7.92. The van der Waals surface area contributed by atoms with Gasteiger partial charge in [0.15, 0.2) is 0 Å². The van der Waals surface area contributed by atoms with E-state index < -0.39 is 15.8 Å². The molecule has 0 unspecified atom stereocenters. The van der Waals surface area contributed by atoms with Crippen LogP contribution in [0, 0.1) is 12.7 Å². The van der Waals surface area contributed by atoms with Crippen molar-refractivity contribution in [2.24, 2.45) is 0 Å². The van der Waals surface area contributed by atoms with E-state index in [1.807, 2.05) is 0 Å². The van der Waals surface area contributed by atoms with E-state index in [1.165, 1.54) is 37.4 Å². The Morgan fingerprint density at radius 3 is 2.52 bits per heavy atom. The van der Waals surface area contributed by atoms with Crippen LogP contribution in [0.25, 0.3) is 0 Å². The molecule has 2 rings (SSSR count). The molecular formula is C14H15FN2O3S. The van der Waals surface area contributed by atoms with Gasteiger partial charge >= 0.3 is 0 Å². The average molecular weight is 310 g/mol. The van der Waals surface area contributed by atoms with Crippen molar-refractivity contribution in [3.63, 3.8) is 0 Å². The maximum atomic E-state index is 13.3. The van der Waals surface area contributed by atoms with Crippen LogP contribution in [0.4, 0.5) is 15.8 Å². The molecule has 2 aromatic rings. The highest BCUT2D eigenvalue weighted by atomic mass is 32.2. The number of hydrogen-bond donors (Lipinski definition) is 2. The lowest BCUT2D eigenvalue weighted by atomic mass is 10.2. The zero-order valence-corrected chi connectivity index (χ0v) is 12.4. The van der Waals surface area contributed by atoms with Crippen molar-refractivity contribution < 1.29 is 17.5 Å². The predicted octanol–water partition coefficient (Wildman–Crippen LogP) is 2.53. The van der Waals surface area contributed by atoms with Crippen LogP contribution in [0.15, 0.2) is 41.3 Å². The number of methoxy groups -OCH3 is 1. The molecule has 0 atom stereocenters. The number of sulfonamides is 1. The van der Waals surface area contributed by atoms with Gasteiger partial charge in [-0.2, -0.15) is 0 Å². The van der Waals surface area contributed by atoms with Gasteiger partial charge in [0.25, 0.3) is 10.0 Å². The Labute approximate surface area is 122 Å². The van der Waals surface area contributed by atoms with E-state index in [-0.39, 0.29) is 22.0 Å². The van der Waals surface area contributed by atoms with E-state index >= 15 is 0 Å². The fourth-order valence-corrected chi connectivity index (χ4v) is 3.15. The van der Waals surface area contributed by atoms with Gasteiger partial charge in [-0.25, -0.2) is 12.8 Å². The van der Waals surface area contributed by atoms with Crippen LogP contribution in [-0.2, 0) is 10.0 Å². The first-order valence-electron chi connectivity index (χ1n) is 6.05. The molecule has 112 valence electrons. The Morgan fingerprint density at radius 1 is 1.19 bits per heavy atom. The molecule has 0 saturated heterocycles. The number of benzene rings is 2. The van der Waals surface area contributed by atoms with Crippen LogP contribution < -0.4 is 15.2 Å². The van der Waals surface area contributed by atoms with E-state index in [0.29, 0.717) is 5.56 Å². The van der Waals surface area contributed by atoms with Gasteiger partial charge in [-0.1, -0.05) is 0 Å². The number of ether oxygens (including phenoxy) is 1. The molecule has 0 aromatic heterocycles. The van der Waals surface area contributed by atoms with Crippen molar-refractivity contribution in [3.8, 4) is 5.75 Å². The molecule has 5 nitrogen and oxygen atoms in total. The summed E-state index contributed by atoms with van der Waals surface area (Å²) in [4.78, 5) is -0.105. The Morgan fingerprint density at radius 2 is 1.90 bits per heavy atom. The van der Waals surface area contributed by atoms with Crippen LogP contribution in [0.2, 0.25) is 0 Å². The predicted molar refractivity (Wildman–Crippen MR) is 79.4 cm³/mol. The number of nitrogens with two attached hydrogens (primary N) is 1. The number of anilines is 2. The second-order valence-electron chi connectivity index (χ2n) is 4.53. The number of hydrogen-bond acceptors (Lipinski definition) is 4. The summed E-state index contributed by atoms with van der Waals surface area (Å²) in [5, 5.41) is 0. The first-order chi connectivity index (χ1) is 9.81. The minimum absolute atomic E-state index is 0.105. The van der Waals surface area contributed by atoms with Crippen LogP contribution in [0.3, 0.4) is 0 Å². The fourth-order valence-electron chi connectivity index (χ4n) is 1.91. The molecule has 0 aliphatic carbocycles. The van der Waals surface area contributed by atoms with Gasteiger partial charge in [-0.05, 0) is 48.9 Å². The maximum Gasteiger partial charge on any atom is 0.265 e. The number of halogens is 1. The fraction of sp³-hybridized carbons (Fsp3) is 0.143. The Kier molecular flexibility index (Phi) is 4.04. The van der Waals surface area contributed by atoms with Gasteiger partial charge in [-0.3, -0.25) is 4.72 Å². The summed E-state index contributed by atoms with van der Waals surface area (Å²) in [6, 6.07) is 8.21. The van der Waals surface area contributed by atoms with Crippen molar-refractivity contribution in [1.29, 1.82) is 0 Å². The number of nitrogens with one attached hydrogen (secondary N) is 1. The van der Waals surface area contributed by atoms with Gasteiger partial charge in [-0.15, -0.1) is 0 Å². The molecule has 0 fully saturated rings. The van der Waals surface area contributed by atoms with Crippen LogP contribution in [0.5, 0.6) is 5.75 Å². The quantitative estimate of drug-likeness (QED) is 0.850. The SMILES string of the molecule is COc1ccc(N)cc1S(=O)(=O)Nc1cc(C)cc(F)c1. The molecule has 0 spiro atoms. The van der Waals surface area contributed by atoms with Crippen molar-refractivity contribution in [1.82, 2.24) is 0 Å². The zero-order valence-electron chi connectivity index (χ0n) is 11.6. The van der Waals surface area contributed by atoms with E-state index in [4.69, 9.17) is 10.5 Å². The molecule has 0 amide bonds. The maximum absolute atomic E-state index is 13.3. The van der Waals surface area contributed by atoms with Gasteiger partial charge in [0, 0.05) is 5.69 Å². The Balaban J connectivity index is 2.45. The van der Waals surface area contributed by atoms with Crippen molar-refractivity contribution >= 4 is 21.4 Å². The van der Waals surface area contributed by atoms with Crippen LogP contribution >= 0.6 is 0 Å². The molecule has 21 heavy (non-hydrogen) atoms. The van der Waals surface area contributed by atoms with Crippen molar-refractivity contribution in [3.05, 3.63) is 47.8 Å². The van der Waals surface area contributed by atoms with Crippen molar-refractivity contribution in [2.75, 3.05) is 17.6 Å². The topological polar surface area (TPSA) is 81.4 Å². The molecule has 0 aliphatic heterocycles. The van der Waals surface area contributed by atoms with Crippen molar-refractivity contribution in [2.45, 2.75) is 11.8 Å². The van der Waals surface area contributed by atoms with Crippen LogP contribution in [0.1, 0.15) is 5.56 Å². The van der Waals surface area contributed by atoms with Gasteiger partial charge < -0.3 is 10.5 Å². The summed E-state index contributed by atoms with van der Waals surface area (Å²) >= 11 is 0. The summed E-state index contributed by atoms with van der Waals surface area (Å²) in [5.74, 6) is -0.364. The second-order valence-corrected chi connectivity index (χ2v) is 6.18. The number of nitrogen functional groups attached to an aromatic ring is 1. The molecule has 0 saturated carbocycles. The molecule has 7 heteroatoms. The summed E-state index contributed by atoms with van der Waals surface area (Å²) in [7, 11) is -2.58.